The van der Waals surface area contributed by atoms with E-state index < -0.39 is 0 Å². The van der Waals surface area contributed by atoms with Crippen molar-refractivity contribution in [3.63, 3.8) is 0 Å². The normalized spacial score (nSPS) is 21.1. The highest BCUT2D eigenvalue weighted by Crippen LogP contribution is 2.38. The van der Waals surface area contributed by atoms with E-state index in [0.717, 1.165) is 35.1 Å². The van der Waals surface area contributed by atoms with Crippen LogP contribution in [0.5, 0.6) is 0 Å². The molecular formula is C16H17N3. The molecule has 0 amide bonds. The third-order valence-electron chi connectivity index (χ3n) is 4.00. The predicted octanol–water partition coefficient (Wildman–Crippen LogP) is 3.20. The van der Waals surface area contributed by atoms with Crippen LogP contribution >= 0.6 is 0 Å². The average molecular weight is 251 g/mol. The van der Waals surface area contributed by atoms with Gasteiger partial charge >= 0.3 is 0 Å². The molecule has 0 N–H and O–H groups in total. The lowest BCUT2D eigenvalue weighted by molar-refractivity contribution is 0.720. The molecule has 3 rings (SSSR count). The Morgan fingerprint density at radius 2 is 2.16 bits per heavy atom. The Hall–Kier alpha value is -2.08. The summed E-state index contributed by atoms with van der Waals surface area (Å²) in [4.78, 5) is 6.83. The van der Waals surface area contributed by atoms with Gasteiger partial charge in [-0.15, -0.1) is 0 Å². The number of hydrogen-bond donors (Lipinski definition) is 0. The third kappa shape index (κ3) is 2.26. The third-order valence-corrected chi connectivity index (χ3v) is 4.00. The van der Waals surface area contributed by atoms with Crippen LogP contribution in [0.2, 0.25) is 0 Å². The summed E-state index contributed by atoms with van der Waals surface area (Å²) in [5.74, 6) is 2.51. The van der Waals surface area contributed by atoms with E-state index in [0.29, 0.717) is 5.56 Å². The molecule has 0 aliphatic heterocycles. The van der Waals surface area contributed by atoms with Crippen molar-refractivity contribution in [2.24, 2.45) is 11.8 Å². The number of para-hydroxylation sites is 1. The number of anilines is 1. The molecule has 2 aromatic rings. The summed E-state index contributed by atoms with van der Waals surface area (Å²) in [6.07, 6.45) is 1.31. The molecule has 1 heterocycles. The van der Waals surface area contributed by atoms with Gasteiger partial charge in [0.25, 0.3) is 0 Å². The minimum atomic E-state index is 0.705. The summed E-state index contributed by atoms with van der Waals surface area (Å²) in [5.41, 5.74) is 1.60. The Morgan fingerprint density at radius 1 is 1.42 bits per heavy atom. The van der Waals surface area contributed by atoms with Gasteiger partial charge in [0.1, 0.15) is 5.82 Å². The molecule has 3 heteroatoms. The fourth-order valence-corrected chi connectivity index (χ4v) is 2.55. The molecule has 2 atom stereocenters. The molecule has 0 spiro atoms. The summed E-state index contributed by atoms with van der Waals surface area (Å²) in [6.45, 7) is 3.31. The molecule has 1 aromatic heterocycles. The van der Waals surface area contributed by atoms with Crippen LogP contribution in [0.1, 0.15) is 18.9 Å². The van der Waals surface area contributed by atoms with E-state index in [1.165, 1.54) is 6.42 Å². The van der Waals surface area contributed by atoms with Crippen LogP contribution < -0.4 is 4.90 Å². The highest BCUT2D eigenvalue weighted by atomic mass is 15.2. The Labute approximate surface area is 113 Å². The topological polar surface area (TPSA) is 39.9 Å². The van der Waals surface area contributed by atoms with Crippen molar-refractivity contribution in [1.82, 2.24) is 4.98 Å². The van der Waals surface area contributed by atoms with Crippen molar-refractivity contribution < 1.29 is 0 Å². The number of fused-ring (bicyclic) bond motifs is 1. The predicted molar refractivity (Wildman–Crippen MR) is 77.0 cm³/mol. The lowest BCUT2D eigenvalue weighted by atomic mass is 10.1. The number of nitriles is 1. The Morgan fingerprint density at radius 3 is 2.84 bits per heavy atom. The SMILES string of the molecule is CC1CC1CN(C)c1cc(C#N)c2ccccc2n1. The van der Waals surface area contributed by atoms with Gasteiger partial charge in [0.05, 0.1) is 17.1 Å². The van der Waals surface area contributed by atoms with Crippen LogP contribution in [0.15, 0.2) is 30.3 Å². The molecule has 1 saturated carbocycles. The van der Waals surface area contributed by atoms with E-state index >= 15 is 0 Å². The smallest absolute Gasteiger partial charge is 0.130 e. The van der Waals surface area contributed by atoms with Gasteiger partial charge in [0.2, 0.25) is 0 Å². The first-order valence-corrected chi connectivity index (χ1v) is 6.70. The zero-order valence-corrected chi connectivity index (χ0v) is 11.3. The Bertz CT molecular complexity index is 657. The van der Waals surface area contributed by atoms with Crippen molar-refractivity contribution in [2.75, 3.05) is 18.5 Å². The first kappa shape index (κ1) is 12.0. The maximum atomic E-state index is 9.28. The van der Waals surface area contributed by atoms with Crippen molar-refractivity contribution in [3.8, 4) is 6.07 Å². The summed E-state index contributed by atoms with van der Waals surface area (Å²) in [6, 6.07) is 12.0. The van der Waals surface area contributed by atoms with E-state index in [1.54, 1.807) is 0 Å². The van der Waals surface area contributed by atoms with Crippen LogP contribution in [-0.4, -0.2) is 18.6 Å². The molecule has 2 unspecified atom stereocenters. The van der Waals surface area contributed by atoms with Crippen molar-refractivity contribution in [3.05, 3.63) is 35.9 Å². The average Bonchev–Trinajstić information content (AvgIpc) is 3.12. The molecule has 0 radical (unpaired) electrons. The van der Waals surface area contributed by atoms with E-state index in [-0.39, 0.29) is 0 Å². The van der Waals surface area contributed by atoms with Gasteiger partial charge in [-0.05, 0) is 30.4 Å². The minimum absolute atomic E-state index is 0.705. The van der Waals surface area contributed by atoms with E-state index in [4.69, 9.17) is 0 Å². The summed E-state index contributed by atoms with van der Waals surface area (Å²) >= 11 is 0. The van der Waals surface area contributed by atoms with Gasteiger partial charge in [-0.25, -0.2) is 4.98 Å². The number of pyridine rings is 1. The minimum Gasteiger partial charge on any atom is -0.359 e. The van der Waals surface area contributed by atoms with Gasteiger partial charge in [0.15, 0.2) is 0 Å². The molecule has 3 nitrogen and oxygen atoms in total. The number of rotatable bonds is 3. The maximum absolute atomic E-state index is 9.28. The summed E-state index contributed by atoms with van der Waals surface area (Å²) in [7, 11) is 2.06. The van der Waals surface area contributed by atoms with E-state index in [9.17, 15) is 5.26 Å². The van der Waals surface area contributed by atoms with Gasteiger partial charge in [-0.2, -0.15) is 5.26 Å². The van der Waals surface area contributed by atoms with E-state index in [1.807, 2.05) is 30.3 Å². The number of hydrogen-bond acceptors (Lipinski definition) is 3. The highest BCUT2D eigenvalue weighted by molar-refractivity contribution is 5.86. The number of nitrogens with zero attached hydrogens (tertiary/aromatic N) is 3. The lowest BCUT2D eigenvalue weighted by Crippen LogP contribution is -2.21. The van der Waals surface area contributed by atoms with Crippen LogP contribution in [0, 0.1) is 23.2 Å². The second-order valence-electron chi connectivity index (χ2n) is 5.51. The largest absolute Gasteiger partial charge is 0.359 e. The van der Waals surface area contributed by atoms with Crippen molar-refractivity contribution >= 4 is 16.7 Å². The number of aromatic nitrogens is 1. The van der Waals surface area contributed by atoms with Crippen LogP contribution in [-0.2, 0) is 0 Å². The molecule has 1 fully saturated rings. The molecular weight excluding hydrogens is 234 g/mol. The molecule has 0 saturated heterocycles. The molecule has 1 aliphatic rings. The van der Waals surface area contributed by atoms with Crippen LogP contribution in [0.4, 0.5) is 5.82 Å². The number of benzene rings is 1. The molecule has 96 valence electrons. The molecule has 19 heavy (non-hydrogen) atoms. The zero-order valence-electron chi connectivity index (χ0n) is 11.3. The standard InChI is InChI=1S/C16H17N3/c1-11-7-13(11)10-19(2)16-8-12(9-17)14-5-3-4-6-15(14)18-16/h3-6,8,11,13H,7,10H2,1-2H3. The fraction of sp³-hybridized carbons (Fsp3) is 0.375. The van der Waals surface area contributed by atoms with Gasteiger partial charge < -0.3 is 4.90 Å². The monoisotopic (exact) mass is 251 g/mol. The van der Waals surface area contributed by atoms with Gasteiger partial charge in [-0.1, -0.05) is 25.1 Å². The second-order valence-corrected chi connectivity index (χ2v) is 5.51. The van der Waals surface area contributed by atoms with Crippen molar-refractivity contribution in [2.45, 2.75) is 13.3 Å². The van der Waals surface area contributed by atoms with E-state index in [2.05, 4.69) is 29.9 Å². The first-order valence-electron chi connectivity index (χ1n) is 6.70. The van der Waals surface area contributed by atoms with Crippen molar-refractivity contribution in [1.29, 1.82) is 5.26 Å². The quantitative estimate of drug-likeness (QED) is 0.841. The lowest BCUT2D eigenvalue weighted by Gasteiger charge is -2.19. The molecule has 0 bridgehead atoms. The fourth-order valence-electron chi connectivity index (χ4n) is 2.55. The van der Waals surface area contributed by atoms with Gasteiger partial charge in [-0.3, -0.25) is 0 Å². The molecule has 1 aromatic carbocycles. The van der Waals surface area contributed by atoms with Crippen LogP contribution in [0.25, 0.3) is 10.9 Å². The molecule has 1 aliphatic carbocycles. The van der Waals surface area contributed by atoms with Crippen LogP contribution in [0.3, 0.4) is 0 Å². The van der Waals surface area contributed by atoms with Gasteiger partial charge in [0, 0.05) is 19.0 Å². The summed E-state index contributed by atoms with van der Waals surface area (Å²) < 4.78 is 0. The second kappa shape index (κ2) is 4.55. The summed E-state index contributed by atoms with van der Waals surface area (Å²) in [5, 5.41) is 10.2. The maximum Gasteiger partial charge on any atom is 0.130 e. The Kier molecular flexibility index (Phi) is 2.87. The highest BCUT2D eigenvalue weighted by Gasteiger charge is 2.33. The Balaban J connectivity index is 1.97. The first-order chi connectivity index (χ1) is 9.19. The zero-order chi connectivity index (χ0) is 13.4.